The highest BCUT2D eigenvalue weighted by molar-refractivity contribution is 7.47. The molecule has 0 fully saturated rings. The molecular weight excluding hydrogens is 1370 g/mol. The van der Waals surface area contributed by atoms with Gasteiger partial charge in [-0.3, -0.25) is 37.3 Å². The second kappa shape index (κ2) is 74.8. The lowest BCUT2D eigenvalue weighted by atomic mass is 9.99. The summed E-state index contributed by atoms with van der Waals surface area (Å²) in [6.07, 6.45) is 64.0. The van der Waals surface area contributed by atoms with Crippen molar-refractivity contribution < 1.29 is 80.2 Å². The van der Waals surface area contributed by atoms with E-state index in [9.17, 15) is 43.2 Å². The molecule has 19 heteroatoms. The molecule has 3 unspecified atom stereocenters. The molecule has 0 amide bonds. The van der Waals surface area contributed by atoms with Crippen LogP contribution in [-0.4, -0.2) is 96.7 Å². The standard InChI is InChI=1S/C86H168O17P2/c1-9-79(8)65-57-49-40-34-28-22-17-19-23-29-35-41-50-58-66-83(88)96-72-81(102-85(90)68-60-52-42-36-30-24-15-13-11-10-12-14-20-26-32-38-46-54-62-76(2)3)74-100-104(92,93)98-70-80(87)71-99-105(94,95)101-75-82(73-97-84(89)67-59-51-45-44-48-56-64-78(6)7)103-86(91)69-61-53-43-37-31-25-18-16-21-27-33-39-47-55-63-77(4)5/h76-82,87H,9-75H2,1-8H3,(H,92,93)(H,94,95)/t79?,80-,81-,82-/m1/s1. The van der Waals surface area contributed by atoms with Crippen molar-refractivity contribution in [1.29, 1.82) is 0 Å². The van der Waals surface area contributed by atoms with Gasteiger partial charge in [0.25, 0.3) is 0 Å². The molecule has 0 aromatic rings. The van der Waals surface area contributed by atoms with E-state index in [4.69, 9.17) is 37.0 Å². The number of aliphatic hydroxyl groups excluding tert-OH is 1. The van der Waals surface area contributed by atoms with Crippen molar-refractivity contribution in [2.24, 2.45) is 23.7 Å². The van der Waals surface area contributed by atoms with E-state index in [2.05, 4.69) is 55.4 Å². The van der Waals surface area contributed by atoms with Crippen molar-refractivity contribution in [2.75, 3.05) is 39.6 Å². The van der Waals surface area contributed by atoms with E-state index in [1.165, 1.54) is 244 Å². The van der Waals surface area contributed by atoms with Crippen LogP contribution < -0.4 is 0 Å². The largest absolute Gasteiger partial charge is 0.472 e. The zero-order chi connectivity index (χ0) is 77.4. The summed E-state index contributed by atoms with van der Waals surface area (Å²) in [5, 5.41) is 10.7. The molecule has 624 valence electrons. The van der Waals surface area contributed by atoms with E-state index in [-0.39, 0.29) is 25.7 Å². The monoisotopic (exact) mass is 1540 g/mol. The van der Waals surface area contributed by atoms with Crippen molar-refractivity contribution in [3.05, 3.63) is 0 Å². The molecule has 105 heavy (non-hydrogen) atoms. The Hall–Kier alpha value is -1.94. The Kier molecular flexibility index (Phi) is 73.4. The maximum Gasteiger partial charge on any atom is 0.472 e. The Morgan fingerprint density at radius 3 is 0.676 bits per heavy atom. The highest BCUT2D eigenvalue weighted by atomic mass is 31.2. The summed E-state index contributed by atoms with van der Waals surface area (Å²) in [4.78, 5) is 73.2. The molecule has 6 atom stereocenters. The van der Waals surface area contributed by atoms with Gasteiger partial charge in [-0.05, 0) is 49.4 Å². The Morgan fingerprint density at radius 1 is 0.267 bits per heavy atom. The Balaban J connectivity index is 5.22. The fourth-order valence-electron chi connectivity index (χ4n) is 13.3. The number of rotatable bonds is 83. The molecule has 0 heterocycles. The summed E-state index contributed by atoms with van der Waals surface area (Å²) < 4.78 is 68.9. The molecule has 17 nitrogen and oxygen atoms in total. The van der Waals surface area contributed by atoms with Crippen LogP contribution in [0.5, 0.6) is 0 Å². The SMILES string of the molecule is CCC(C)CCCCCCCCCCCCCCCCC(=O)OC[C@H](COP(=O)(O)OC[C@@H](O)COP(=O)(O)OC[C@@H](COC(=O)CCCCCCCCC(C)C)OC(=O)CCCCCCCCCCCCCCCCC(C)C)OC(=O)CCCCCCCCCCCCCCCCCCCCC(C)C. The number of hydrogen-bond donors (Lipinski definition) is 3. The lowest BCUT2D eigenvalue weighted by Gasteiger charge is -2.21. The average Bonchev–Trinajstić information content (AvgIpc) is 0.919. The predicted octanol–water partition coefficient (Wildman–Crippen LogP) is 25.9. The molecule has 0 aliphatic rings. The molecule has 0 spiro atoms. The second-order valence-corrected chi connectivity index (χ2v) is 35.5. The van der Waals surface area contributed by atoms with Gasteiger partial charge in [0.05, 0.1) is 26.4 Å². The maximum atomic E-state index is 13.1. The fraction of sp³-hybridized carbons (Fsp3) is 0.953. The maximum absolute atomic E-state index is 13.1. The molecule has 3 N–H and O–H groups in total. The number of carbonyl (C=O) groups is 4. The first-order valence-electron chi connectivity index (χ1n) is 44.2. The molecule has 0 rings (SSSR count). The lowest BCUT2D eigenvalue weighted by Crippen LogP contribution is -2.30. The number of aliphatic hydroxyl groups is 1. The summed E-state index contributed by atoms with van der Waals surface area (Å²) in [6, 6.07) is 0. The number of unbranched alkanes of at least 4 members (excludes halogenated alkanes) is 48. The third-order valence-corrected chi connectivity index (χ3v) is 22.3. The summed E-state index contributed by atoms with van der Waals surface area (Å²) in [7, 11) is -9.93. The van der Waals surface area contributed by atoms with Crippen LogP contribution in [0.2, 0.25) is 0 Å². The topological polar surface area (TPSA) is 237 Å². The molecule has 0 saturated heterocycles. The van der Waals surface area contributed by atoms with E-state index in [1.807, 2.05) is 0 Å². The van der Waals surface area contributed by atoms with Crippen LogP contribution in [0.4, 0.5) is 0 Å². The molecule has 0 aliphatic carbocycles. The summed E-state index contributed by atoms with van der Waals surface area (Å²) in [5.41, 5.74) is 0. The van der Waals surface area contributed by atoms with Gasteiger partial charge in [0.1, 0.15) is 19.3 Å². The normalized spacial score (nSPS) is 14.2. The minimum Gasteiger partial charge on any atom is -0.462 e. The first-order chi connectivity index (χ1) is 50.6. The predicted molar refractivity (Wildman–Crippen MR) is 432 cm³/mol. The third-order valence-electron chi connectivity index (χ3n) is 20.4. The van der Waals surface area contributed by atoms with Gasteiger partial charge < -0.3 is 33.8 Å². The second-order valence-electron chi connectivity index (χ2n) is 32.6. The quantitative estimate of drug-likeness (QED) is 0.0222. The van der Waals surface area contributed by atoms with Crippen molar-refractivity contribution in [3.8, 4) is 0 Å². The van der Waals surface area contributed by atoms with Gasteiger partial charge in [0.2, 0.25) is 0 Å². The van der Waals surface area contributed by atoms with Gasteiger partial charge in [-0.25, -0.2) is 9.13 Å². The fourth-order valence-corrected chi connectivity index (χ4v) is 14.9. The Labute approximate surface area is 645 Å². The van der Waals surface area contributed by atoms with Crippen LogP contribution in [0, 0.1) is 23.7 Å². The van der Waals surface area contributed by atoms with Crippen LogP contribution in [0.25, 0.3) is 0 Å². The third kappa shape index (κ3) is 78.5. The lowest BCUT2D eigenvalue weighted by molar-refractivity contribution is -0.161. The first-order valence-corrected chi connectivity index (χ1v) is 47.2. The van der Waals surface area contributed by atoms with Crippen molar-refractivity contribution in [3.63, 3.8) is 0 Å². The van der Waals surface area contributed by atoms with Crippen molar-refractivity contribution in [2.45, 2.75) is 465 Å². The van der Waals surface area contributed by atoms with Gasteiger partial charge in [0.15, 0.2) is 12.2 Å². The van der Waals surface area contributed by atoms with Crippen LogP contribution in [0.1, 0.15) is 447 Å². The molecule has 0 aromatic carbocycles. The van der Waals surface area contributed by atoms with E-state index < -0.39 is 97.5 Å². The van der Waals surface area contributed by atoms with E-state index in [0.717, 1.165) is 114 Å². The van der Waals surface area contributed by atoms with Gasteiger partial charge in [0, 0.05) is 25.7 Å². The zero-order valence-corrected chi connectivity index (χ0v) is 71.2. The van der Waals surface area contributed by atoms with Crippen LogP contribution >= 0.6 is 15.6 Å². The Morgan fingerprint density at radius 2 is 0.457 bits per heavy atom. The molecule has 0 aromatic heterocycles. The smallest absolute Gasteiger partial charge is 0.462 e. The van der Waals surface area contributed by atoms with Crippen molar-refractivity contribution in [1.82, 2.24) is 0 Å². The number of ether oxygens (including phenoxy) is 4. The van der Waals surface area contributed by atoms with Gasteiger partial charge >= 0.3 is 39.5 Å². The van der Waals surface area contributed by atoms with Crippen LogP contribution in [0.3, 0.4) is 0 Å². The zero-order valence-electron chi connectivity index (χ0n) is 69.4. The highest BCUT2D eigenvalue weighted by Crippen LogP contribution is 2.45. The summed E-state index contributed by atoms with van der Waals surface area (Å²) in [5.74, 6) is 1.04. The summed E-state index contributed by atoms with van der Waals surface area (Å²) in [6.45, 7) is 14.3. The number of phosphoric acid groups is 2. The number of esters is 4. The number of carbonyl (C=O) groups excluding carboxylic acids is 4. The molecule has 0 radical (unpaired) electrons. The molecule has 0 bridgehead atoms. The van der Waals surface area contributed by atoms with E-state index in [1.54, 1.807) is 0 Å². The highest BCUT2D eigenvalue weighted by Gasteiger charge is 2.31. The Bertz CT molecular complexity index is 2040. The van der Waals surface area contributed by atoms with Gasteiger partial charge in [-0.15, -0.1) is 0 Å². The van der Waals surface area contributed by atoms with Crippen LogP contribution in [-0.2, 0) is 65.4 Å². The number of phosphoric ester groups is 2. The van der Waals surface area contributed by atoms with Gasteiger partial charge in [-0.2, -0.15) is 0 Å². The molecule has 0 saturated carbocycles. The minimum atomic E-state index is -4.97. The number of hydrogen-bond acceptors (Lipinski definition) is 15. The molecular formula is C86H168O17P2. The molecule has 0 aliphatic heterocycles. The minimum absolute atomic E-state index is 0.106. The first kappa shape index (κ1) is 103. The van der Waals surface area contributed by atoms with Crippen molar-refractivity contribution >= 4 is 39.5 Å². The summed E-state index contributed by atoms with van der Waals surface area (Å²) >= 11 is 0. The van der Waals surface area contributed by atoms with E-state index in [0.29, 0.717) is 31.6 Å². The van der Waals surface area contributed by atoms with E-state index >= 15 is 0 Å². The van der Waals surface area contributed by atoms with Gasteiger partial charge in [-0.1, -0.05) is 396 Å². The van der Waals surface area contributed by atoms with Crippen LogP contribution in [0.15, 0.2) is 0 Å². The average molecular weight is 1540 g/mol.